The van der Waals surface area contributed by atoms with E-state index in [0.717, 1.165) is 22.3 Å². The summed E-state index contributed by atoms with van der Waals surface area (Å²) >= 11 is 7.99. The van der Waals surface area contributed by atoms with Gasteiger partial charge in [0.1, 0.15) is 0 Å². The van der Waals surface area contributed by atoms with Crippen LogP contribution in [0.25, 0.3) is 0 Å². The Labute approximate surface area is 213 Å². The predicted molar refractivity (Wildman–Crippen MR) is 134 cm³/mol. The maximum atomic E-state index is 14.0. The number of nitrogens with zero attached hydrogens (tertiary/aromatic N) is 1. The molecule has 170 valence electrons. The zero-order valence-corrected chi connectivity index (χ0v) is 21.3. The van der Waals surface area contributed by atoms with Crippen molar-refractivity contribution in [2.45, 2.75) is 15.6 Å². The summed E-state index contributed by atoms with van der Waals surface area (Å²) in [5.41, 5.74) is 4.79. The lowest BCUT2D eigenvalue weighted by atomic mass is 9.54. The number of benzene rings is 3. The fourth-order valence-corrected chi connectivity index (χ4v) is 8.19. The normalized spacial score (nSPS) is 28.4. The van der Waals surface area contributed by atoms with Gasteiger partial charge in [0.2, 0.25) is 11.8 Å². The van der Waals surface area contributed by atoms with E-state index in [9.17, 15) is 14.4 Å². The van der Waals surface area contributed by atoms with Crippen LogP contribution >= 0.6 is 31.9 Å². The zero-order chi connectivity index (χ0) is 23.8. The van der Waals surface area contributed by atoms with Gasteiger partial charge in [-0.2, -0.15) is 0 Å². The molecular formula is C27H19Br2NO4. The summed E-state index contributed by atoms with van der Waals surface area (Å²) in [6.07, 6.45) is 0. The van der Waals surface area contributed by atoms with Crippen LogP contribution < -0.4 is 4.90 Å². The smallest absolute Gasteiger partial charge is 0.338 e. The molecule has 34 heavy (non-hydrogen) atoms. The number of carbonyl (C=O) groups excluding carboxylic acids is 3. The Morgan fingerprint density at radius 2 is 1.21 bits per heavy atom. The average molecular weight is 581 g/mol. The number of hydrogen-bond donors (Lipinski definition) is 0. The third-order valence-electron chi connectivity index (χ3n) is 7.22. The van der Waals surface area contributed by atoms with Gasteiger partial charge in [-0.25, -0.2) is 9.69 Å². The lowest BCUT2D eigenvalue weighted by Gasteiger charge is -2.55. The molecular weight excluding hydrogens is 562 g/mol. The van der Waals surface area contributed by atoms with Crippen LogP contribution in [0.4, 0.5) is 5.69 Å². The summed E-state index contributed by atoms with van der Waals surface area (Å²) in [5.74, 6) is -2.22. The lowest BCUT2D eigenvalue weighted by Crippen LogP contribution is -2.56. The second-order valence-corrected chi connectivity index (χ2v) is 11.3. The third-order valence-corrected chi connectivity index (χ3v) is 9.92. The Balaban J connectivity index is 1.52. The highest BCUT2D eigenvalue weighted by molar-refractivity contribution is 9.10. The molecule has 0 aromatic heterocycles. The molecule has 3 aliphatic carbocycles. The topological polar surface area (TPSA) is 63.7 Å². The molecule has 0 spiro atoms. The van der Waals surface area contributed by atoms with Crippen molar-refractivity contribution in [2.24, 2.45) is 11.8 Å². The van der Waals surface area contributed by atoms with Crippen LogP contribution in [-0.4, -0.2) is 24.4 Å². The number of esters is 1. The Bertz CT molecular complexity index is 1260. The Morgan fingerprint density at radius 1 is 0.794 bits per heavy atom. The molecule has 4 aliphatic rings. The number of hydrogen-bond acceptors (Lipinski definition) is 4. The second-order valence-electron chi connectivity index (χ2n) is 8.75. The van der Waals surface area contributed by atoms with Crippen molar-refractivity contribution in [2.75, 3.05) is 11.5 Å². The fraction of sp³-hybridized carbons (Fsp3) is 0.222. The lowest BCUT2D eigenvalue weighted by molar-refractivity contribution is -0.122. The maximum Gasteiger partial charge on any atom is 0.338 e. The van der Waals surface area contributed by atoms with Gasteiger partial charge in [-0.05, 0) is 53.4 Å². The number of rotatable bonds is 3. The minimum atomic E-state index is -0.827. The standard InChI is InChI=1S/C27H19Br2NO4/c1-2-34-25(33)15-11-13-16(14-12-15)30-23(31)21-22(24(30)32)27(29)18-8-4-3-7-17(18)26(21,28)19-9-5-6-10-20(19)27/h3-14,21-22H,2H2,1H3/t21-,22+,26?,27?. The van der Waals surface area contributed by atoms with E-state index in [-0.39, 0.29) is 18.4 Å². The van der Waals surface area contributed by atoms with Crippen LogP contribution in [0, 0.1) is 11.8 Å². The highest BCUT2D eigenvalue weighted by Gasteiger charge is 2.72. The van der Waals surface area contributed by atoms with Gasteiger partial charge in [0.15, 0.2) is 0 Å². The van der Waals surface area contributed by atoms with E-state index in [1.54, 1.807) is 31.2 Å². The van der Waals surface area contributed by atoms with E-state index in [4.69, 9.17) is 4.74 Å². The van der Waals surface area contributed by atoms with E-state index in [2.05, 4.69) is 31.9 Å². The van der Waals surface area contributed by atoms with Gasteiger partial charge in [0.25, 0.3) is 0 Å². The number of halogens is 2. The minimum absolute atomic E-state index is 0.261. The Kier molecular flexibility index (Phi) is 4.71. The molecule has 2 atom stereocenters. The quantitative estimate of drug-likeness (QED) is 0.240. The molecule has 1 fully saturated rings. The first-order chi connectivity index (χ1) is 16.3. The van der Waals surface area contributed by atoms with E-state index in [1.165, 1.54) is 4.90 Å². The van der Waals surface area contributed by atoms with Gasteiger partial charge in [0, 0.05) is 0 Å². The van der Waals surface area contributed by atoms with Gasteiger partial charge in [-0.1, -0.05) is 80.4 Å². The highest BCUT2D eigenvalue weighted by atomic mass is 79.9. The first-order valence-electron chi connectivity index (χ1n) is 11.1. The molecule has 0 radical (unpaired) electrons. The van der Waals surface area contributed by atoms with E-state index in [0.29, 0.717) is 11.3 Å². The summed E-state index contributed by atoms with van der Waals surface area (Å²) < 4.78 is 3.40. The minimum Gasteiger partial charge on any atom is -0.462 e. The molecule has 3 aromatic rings. The fourth-order valence-electron chi connectivity index (χ4n) is 5.88. The maximum absolute atomic E-state index is 14.0. The van der Waals surface area contributed by atoms with E-state index in [1.807, 2.05) is 48.5 Å². The van der Waals surface area contributed by atoms with Gasteiger partial charge >= 0.3 is 5.97 Å². The predicted octanol–water partition coefficient (Wildman–Crippen LogP) is 5.27. The van der Waals surface area contributed by atoms with Crippen LogP contribution in [0.15, 0.2) is 72.8 Å². The van der Waals surface area contributed by atoms with E-state index < -0.39 is 26.5 Å². The zero-order valence-electron chi connectivity index (χ0n) is 18.1. The Hall–Kier alpha value is -2.77. The van der Waals surface area contributed by atoms with Crippen molar-refractivity contribution in [3.63, 3.8) is 0 Å². The highest BCUT2D eigenvalue weighted by Crippen LogP contribution is 2.70. The number of imide groups is 1. The molecule has 1 aliphatic heterocycles. The largest absolute Gasteiger partial charge is 0.462 e. The average Bonchev–Trinajstić information content (AvgIpc) is 3.14. The van der Waals surface area contributed by atoms with Crippen molar-refractivity contribution in [3.8, 4) is 0 Å². The van der Waals surface area contributed by atoms with Crippen LogP contribution in [0.3, 0.4) is 0 Å². The first kappa shape index (κ1) is 21.7. The number of carbonyl (C=O) groups is 3. The number of amides is 2. The number of ether oxygens (including phenoxy) is 1. The molecule has 7 rings (SSSR count). The van der Waals surface area contributed by atoms with Crippen LogP contribution in [0.5, 0.6) is 0 Å². The molecule has 2 amide bonds. The molecule has 3 aromatic carbocycles. The van der Waals surface area contributed by atoms with Crippen molar-refractivity contribution in [3.05, 3.63) is 101 Å². The van der Waals surface area contributed by atoms with Crippen molar-refractivity contribution in [1.29, 1.82) is 0 Å². The van der Waals surface area contributed by atoms with Gasteiger partial charge in [0.05, 0.1) is 38.3 Å². The van der Waals surface area contributed by atoms with Gasteiger partial charge in [-0.15, -0.1) is 0 Å². The number of alkyl halides is 2. The molecule has 1 saturated heterocycles. The molecule has 0 saturated carbocycles. The van der Waals surface area contributed by atoms with Crippen molar-refractivity contribution in [1.82, 2.24) is 0 Å². The summed E-state index contributed by atoms with van der Waals surface area (Å²) in [5, 5.41) is 0. The summed E-state index contributed by atoms with van der Waals surface area (Å²) in [6, 6.07) is 22.4. The van der Waals surface area contributed by atoms with Gasteiger partial charge < -0.3 is 4.74 Å². The van der Waals surface area contributed by atoms with Crippen LogP contribution in [0.2, 0.25) is 0 Å². The van der Waals surface area contributed by atoms with Crippen LogP contribution in [0.1, 0.15) is 39.5 Å². The van der Waals surface area contributed by atoms with E-state index >= 15 is 0 Å². The molecule has 2 bridgehead atoms. The van der Waals surface area contributed by atoms with Crippen molar-refractivity contribution >= 4 is 55.3 Å². The summed E-state index contributed by atoms with van der Waals surface area (Å²) in [4.78, 5) is 41.3. The molecule has 0 unspecified atom stereocenters. The second kappa shape index (κ2) is 7.36. The SMILES string of the molecule is CCOC(=O)c1ccc(N2C(=O)[C@@H]3[C@H](C2=O)C2(Br)c4ccccc4C3(Br)c3ccccc32)cc1. The van der Waals surface area contributed by atoms with Crippen molar-refractivity contribution < 1.29 is 19.1 Å². The molecule has 5 nitrogen and oxygen atoms in total. The number of anilines is 1. The summed E-state index contributed by atoms with van der Waals surface area (Å²) in [6.45, 7) is 2.01. The van der Waals surface area contributed by atoms with Gasteiger partial charge in [-0.3, -0.25) is 9.59 Å². The molecule has 7 heteroatoms. The monoisotopic (exact) mass is 579 g/mol. The Morgan fingerprint density at radius 3 is 1.59 bits per heavy atom. The summed E-state index contributed by atoms with van der Waals surface area (Å²) in [7, 11) is 0. The first-order valence-corrected chi connectivity index (χ1v) is 12.7. The van der Waals surface area contributed by atoms with Crippen LogP contribution in [-0.2, 0) is 23.0 Å². The molecule has 0 N–H and O–H groups in total. The molecule has 1 heterocycles. The third kappa shape index (κ3) is 2.52.